The van der Waals surface area contributed by atoms with Gasteiger partial charge in [-0.15, -0.1) is 0 Å². The molecule has 190 valence electrons. The van der Waals surface area contributed by atoms with Gasteiger partial charge in [0.15, 0.2) is 11.6 Å². The van der Waals surface area contributed by atoms with E-state index in [1.165, 1.54) is 30.7 Å². The molecule has 2 aromatic carbocycles. The van der Waals surface area contributed by atoms with E-state index in [9.17, 15) is 19.1 Å². The molecule has 1 aliphatic rings. The zero-order valence-electron chi connectivity index (χ0n) is 20.2. The summed E-state index contributed by atoms with van der Waals surface area (Å²) >= 11 is 0. The molecule has 8 heteroatoms. The number of aliphatic hydroxyl groups is 2. The number of Topliss-reactive ketones (excluding diaryl/α,β-unsaturated/α-hetero) is 1. The Morgan fingerprint density at radius 1 is 1.14 bits per heavy atom. The van der Waals surface area contributed by atoms with Crippen LogP contribution in [0.4, 0.5) is 4.39 Å². The maximum absolute atomic E-state index is 14.3. The molecule has 36 heavy (non-hydrogen) atoms. The van der Waals surface area contributed by atoms with E-state index >= 15 is 0 Å². The number of benzene rings is 2. The van der Waals surface area contributed by atoms with E-state index in [1.807, 2.05) is 24.3 Å². The van der Waals surface area contributed by atoms with Crippen LogP contribution < -0.4 is 5.32 Å². The van der Waals surface area contributed by atoms with Crippen molar-refractivity contribution in [2.75, 3.05) is 32.9 Å². The van der Waals surface area contributed by atoms with Crippen LogP contribution in [0.25, 0.3) is 6.08 Å². The van der Waals surface area contributed by atoms with Crippen LogP contribution in [0.5, 0.6) is 0 Å². The zero-order valence-corrected chi connectivity index (χ0v) is 20.2. The van der Waals surface area contributed by atoms with Crippen molar-refractivity contribution in [1.82, 2.24) is 10.2 Å². The number of carbonyl (C=O) groups is 2. The third-order valence-electron chi connectivity index (χ3n) is 5.73. The van der Waals surface area contributed by atoms with E-state index < -0.39 is 29.7 Å². The van der Waals surface area contributed by atoms with Crippen LogP contribution in [-0.2, 0) is 16.1 Å². The third kappa shape index (κ3) is 8.40. The number of hydrogen-bond donors (Lipinski definition) is 3. The molecule has 0 unspecified atom stereocenters. The quantitative estimate of drug-likeness (QED) is 0.463. The first-order chi connectivity index (χ1) is 17.4. The molecule has 2 aromatic rings. The standard InChI is InChI=1S/C28H31FN2O5/c1-20(33)27(26(34)12-15-32)30-28(35)24-9-6-22(7-10-24)18-25(29)11-8-21-2-4-23(5-3-21)19-31-13-16-36-17-14-31/h2-7,9-10,18,20,27,32-33H,12-17,19H2,1H3,(H,30,35)/t20-,27+/m1/s1. The molecule has 3 rings (SSSR count). The lowest BCUT2D eigenvalue weighted by molar-refractivity contribution is -0.123. The zero-order chi connectivity index (χ0) is 25.9. The fraction of sp³-hybridized carbons (Fsp3) is 0.357. The van der Waals surface area contributed by atoms with Crippen molar-refractivity contribution in [1.29, 1.82) is 0 Å². The summed E-state index contributed by atoms with van der Waals surface area (Å²) in [4.78, 5) is 26.7. The molecule has 0 saturated carbocycles. The Balaban J connectivity index is 1.58. The smallest absolute Gasteiger partial charge is 0.251 e. The van der Waals surface area contributed by atoms with Crippen molar-refractivity contribution in [2.24, 2.45) is 0 Å². The molecule has 1 fully saturated rings. The molecule has 0 spiro atoms. The van der Waals surface area contributed by atoms with Gasteiger partial charge in [-0.05, 0) is 54.3 Å². The minimum Gasteiger partial charge on any atom is -0.396 e. The molecule has 0 aromatic heterocycles. The van der Waals surface area contributed by atoms with Crippen LogP contribution in [-0.4, -0.2) is 71.9 Å². The highest BCUT2D eigenvalue weighted by Gasteiger charge is 2.25. The summed E-state index contributed by atoms with van der Waals surface area (Å²) in [5, 5.41) is 21.2. The fourth-order valence-electron chi connectivity index (χ4n) is 3.72. The van der Waals surface area contributed by atoms with Crippen LogP contribution >= 0.6 is 0 Å². The number of amides is 1. The first kappa shape index (κ1) is 27.2. The summed E-state index contributed by atoms with van der Waals surface area (Å²) < 4.78 is 19.7. The van der Waals surface area contributed by atoms with Crippen molar-refractivity contribution in [3.8, 4) is 11.8 Å². The van der Waals surface area contributed by atoms with Gasteiger partial charge in [-0.25, -0.2) is 0 Å². The first-order valence-electron chi connectivity index (χ1n) is 11.9. The molecular weight excluding hydrogens is 463 g/mol. The maximum atomic E-state index is 14.3. The van der Waals surface area contributed by atoms with Gasteiger partial charge in [0.05, 0.1) is 25.9 Å². The third-order valence-corrected chi connectivity index (χ3v) is 5.73. The van der Waals surface area contributed by atoms with Crippen molar-refractivity contribution >= 4 is 17.8 Å². The van der Waals surface area contributed by atoms with E-state index in [0.717, 1.165) is 32.8 Å². The van der Waals surface area contributed by atoms with Gasteiger partial charge in [-0.2, -0.15) is 4.39 Å². The minimum absolute atomic E-state index is 0.168. The molecule has 1 amide bonds. The Morgan fingerprint density at radius 2 is 1.81 bits per heavy atom. The minimum atomic E-state index is -1.12. The number of morpholine rings is 1. The highest BCUT2D eigenvalue weighted by molar-refractivity contribution is 5.98. The molecule has 1 heterocycles. The summed E-state index contributed by atoms with van der Waals surface area (Å²) in [6, 6.07) is 12.7. The van der Waals surface area contributed by atoms with Crippen LogP contribution in [0.1, 0.15) is 40.4 Å². The number of hydrogen-bond acceptors (Lipinski definition) is 6. The Kier molecular flexibility index (Phi) is 10.3. The van der Waals surface area contributed by atoms with Gasteiger partial charge < -0.3 is 20.3 Å². The lowest BCUT2D eigenvalue weighted by Crippen LogP contribution is -2.47. The number of nitrogens with zero attached hydrogens (tertiary/aromatic N) is 1. The molecular formula is C28H31FN2O5. The van der Waals surface area contributed by atoms with Gasteiger partial charge in [-0.3, -0.25) is 14.5 Å². The average molecular weight is 495 g/mol. The summed E-state index contributed by atoms with van der Waals surface area (Å²) in [7, 11) is 0. The fourth-order valence-corrected chi connectivity index (χ4v) is 3.72. The second-order valence-corrected chi connectivity index (χ2v) is 8.58. The van der Waals surface area contributed by atoms with Gasteiger partial charge >= 0.3 is 0 Å². The van der Waals surface area contributed by atoms with Crippen LogP contribution in [0.3, 0.4) is 0 Å². The van der Waals surface area contributed by atoms with Gasteiger partial charge in [-0.1, -0.05) is 30.2 Å². The summed E-state index contributed by atoms with van der Waals surface area (Å²) in [5.41, 5.74) is 2.64. The predicted molar refractivity (Wildman–Crippen MR) is 135 cm³/mol. The molecule has 7 nitrogen and oxygen atoms in total. The Bertz CT molecular complexity index is 1110. The van der Waals surface area contributed by atoms with E-state index in [-0.39, 0.29) is 18.6 Å². The van der Waals surface area contributed by atoms with Gasteiger partial charge in [0, 0.05) is 37.2 Å². The molecule has 0 radical (unpaired) electrons. The maximum Gasteiger partial charge on any atom is 0.251 e. The lowest BCUT2D eigenvalue weighted by atomic mass is 10.0. The van der Waals surface area contributed by atoms with E-state index in [0.29, 0.717) is 11.1 Å². The SMILES string of the molecule is C[C@@H](O)[C@H](NC(=O)c1ccc(C=C(F)C#Cc2ccc(CN3CCOCC3)cc2)cc1)C(=O)CCO. The molecule has 0 bridgehead atoms. The number of carbonyl (C=O) groups excluding carboxylic acids is 2. The Labute approximate surface area is 210 Å². The normalized spacial score (nSPS) is 15.9. The highest BCUT2D eigenvalue weighted by Crippen LogP contribution is 2.12. The number of ketones is 1. The van der Waals surface area contributed by atoms with Crippen LogP contribution in [0, 0.1) is 11.8 Å². The van der Waals surface area contributed by atoms with Crippen molar-refractivity contribution in [3.05, 3.63) is 76.6 Å². The highest BCUT2D eigenvalue weighted by atomic mass is 19.1. The number of nitrogens with one attached hydrogen (secondary N) is 1. The second-order valence-electron chi connectivity index (χ2n) is 8.58. The van der Waals surface area contributed by atoms with Gasteiger partial charge in [0.25, 0.3) is 5.91 Å². The Morgan fingerprint density at radius 3 is 2.42 bits per heavy atom. The molecule has 1 saturated heterocycles. The topological polar surface area (TPSA) is 99.1 Å². The molecule has 0 aliphatic carbocycles. The van der Waals surface area contributed by atoms with Crippen molar-refractivity contribution in [2.45, 2.75) is 32.0 Å². The molecule has 1 aliphatic heterocycles. The second kappa shape index (κ2) is 13.7. The summed E-state index contributed by atoms with van der Waals surface area (Å²) in [6.45, 7) is 5.19. The molecule has 3 N–H and O–H groups in total. The number of halogens is 1. The van der Waals surface area contributed by atoms with E-state index in [4.69, 9.17) is 9.84 Å². The lowest BCUT2D eigenvalue weighted by Gasteiger charge is -2.26. The van der Waals surface area contributed by atoms with E-state index in [1.54, 1.807) is 12.1 Å². The largest absolute Gasteiger partial charge is 0.396 e. The number of allylic oxidation sites excluding steroid dienone is 1. The first-order valence-corrected chi connectivity index (χ1v) is 11.9. The predicted octanol–water partition coefficient (Wildman–Crippen LogP) is 2.31. The van der Waals surface area contributed by atoms with Gasteiger partial charge in [0.2, 0.25) is 0 Å². The number of rotatable bonds is 9. The van der Waals surface area contributed by atoms with Crippen LogP contribution in [0.15, 0.2) is 54.4 Å². The van der Waals surface area contributed by atoms with Gasteiger partial charge in [0.1, 0.15) is 6.04 Å². The van der Waals surface area contributed by atoms with Crippen LogP contribution in [0.2, 0.25) is 0 Å². The number of aliphatic hydroxyl groups excluding tert-OH is 2. The van der Waals surface area contributed by atoms with Crippen molar-refractivity contribution in [3.63, 3.8) is 0 Å². The monoisotopic (exact) mass is 494 g/mol. The summed E-state index contributed by atoms with van der Waals surface area (Å²) in [5.74, 6) is 3.68. The summed E-state index contributed by atoms with van der Waals surface area (Å²) in [6.07, 6.45) is -0.00702. The van der Waals surface area contributed by atoms with E-state index in [2.05, 4.69) is 22.1 Å². The number of ether oxygens (including phenoxy) is 1. The Hall–Kier alpha value is -3.35. The molecule has 2 atom stereocenters. The average Bonchev–Trinajstić information content (AvgIpc) is 2.87. The van der Waals surface area contributed by atoms with Crippen molar-refractivity contribution < 1.29 is 28.9 Å².